The first kappa shape index (κ1) is 9.09. The molecule has 0 spiro atoms. The number of hydrogen-bond acceptors (Lipinski definition) is 3. The van der Waals surface area contributed by atoms with Crippen LogP contribution in [0.2, 0.25) is 0 Å². The zero-order valence-corrected chi connectivity index (χ0v) is 8.28. The van der Waals surface area contributed by atoms with Crippen LogP contribution in [0.1, 0.15) is 23.1 Å². The van der Waals surface area contributed by atoms with Gasteiger partial charge in [0.05, 0.1) is 12.5 Å². The molecule has 0 aliphatic heterocycles. The summed E-state index contributed by atoms with van der Waals surface area (Å²) in [7, 11) is 1.88. The van der Waals surface area contributed by atoms with Crippen LogP contribution in [0.4, 0.5) is 0 Å². The Morgan fingerprint density at radius 3 is 2.57 bits per heavy atom. The summed E-state index contributed by atoms with van der Waals surface area (Å²) in [6.45, 7) is 2.02. The molecule has 14 heavy (non-hydrogen) atoms. The molecule has 0 aliphatic carbocycles. The van der Waals surface area contributed by atoms with Gasteiger partial charge in [0.25, 0.3) is 0 Å². The predicted molar refractivity (Wildman–Crippen MR) is 53.1 cm³/mol. The Kier molecular flexibility index (Phi) is 2.41. The van der Waals surface area contributed by atoms with Gasteiger partial charge in [-0.3, -0.25) is 0 Å². The first-order valence-electron chi connectivity index (χ1n) is 4.57. The van der Waals surface area contributed by atoms with E-state index in [4.69, 9.17) is 8.83 Å². The van der Waals surface area contributed by atoms with Gasteiger partial charge in [-0.2, -0.15) is 0 Å². The fourth-order valence-corrected chi connectivity index (χ4v) is 1.54. The topological polar surface area (TPSA) is 38.3 Å². The fraction of sp³-hybridized carbons (Fsp3) is 0.273. The third kappa shape index (κ3) is 1.46. The molecule has 0 aliphatic rings. The van der Waals surface area contributed by atoms with Gasteiger partial charge < -0.3 is 14.2 Å². The maximum Gasteiger partial charge on any atom is 0.131 e. The summed E-state index contributed by atoms with van der Waals surface area (Å²) in [6, 6.07) is 5.75. The van der Waals surface area contributed by atoms with E-state index >= 15 is 0 Å². The Balaban J connectivity index is 2.36. The molecule has 1 unspecified atom stereocenters. The summed E-state index contributed by atoms with van der Waals surface area (Å²) in [4.78, 5) is 0. The highest BCUT2D eigenvalue weighted by molar-refractivity contribution is 5.25. The van der Waals surface area contributed by atoms with E-state index in [9.17, 15) is 0 Å². The minimum Gasteiger partial charge on any atom is -0.467 e. The van der Waals surface area contributed by atoms with E-state index in [0.717, 1.165) is 17.1 Å². The molecule has 2 heterocycles. The van der Waals surface area contributed by atoms with Crippen molar-refractivity contribution in [2.24, 2.45) is 0 Å². The van der Waals surface area contributed by atoms with Gasteiger partial charge in [-0.1, -0.05) is 0 Å². The number of furan rings is 2. The van der Waals surface area contributed by atoms with Crippen molar-refractivity contribution in [2.75, 3.05) is 7.05 Å². The Bertz CT molecular complexity index is 389. The summed E-state index contributed by atoms with van der Waals surface area (Å²) in [5, 5.41) is 3.16. The standard InChI is InChI=1S/C11H13NO2/c1-8-5-7-14-11(8)10(12-2)9-4-3-6-13-9/h3-7,10,12H,1-2H3. The van der Waals surface area contributed by atoms with Crippen LogP contribution in [0.15, 0.2) is 39.6 Å². The van der Waals surface area contributed by atoms with Crippen LogP contribution in [-0.4, -0.2) is 7.05 Å². The number of rotatable bonds is 3. The minimum atomic E-state index is -0.000000000000000444. The van der Waals surface area contributed by atoms with Crippen molar-refractivity contribution >= 4 is 0 Å². The smallest absolute Gasteiger partial charge is 0.131 e. The van der Waals surface area contributed by atoms with Crippen LogP contribution in [0.25, 0.3) is 0 Å². The summed E-state index contributed by atoms with van der Waals surface area (Å²) in [5.74, 6) is 1.77. The van der Waals surface area contributed by atoms with Crippen molar-refractivity contribution in [3.8, 4) is 0 Å². The molecule has 2 aromatic rings. The zero-order valence-electron chi connectivity index (χ0n) is 8.28. The molecule has 0 radical (unpaired) electrons. The van der Waals surface area contributed by atoms with Gasteiger partial charge in [-0.05, 0) is 37.7 Å². The van der Waals surface area contributed by atoms with Crippen LogP contribution >= 0.6 is 0 Å². The van der Waals surface area contributed by atoms with Gasteiger partial charge in [-0.25, -0.2) is 0 Å². The Morgan fingerprint density at radius 2 is 2.07 bits per heavy atom. The quantitative estimate of drug-likeness (QED) is 0.810. The van der Waals surface area contributed by atoms with Crippen LogP contribution in [0.3, 0.4) is 0 Å². The maximum atomic E-state index is 5.42. The molecule has 2 rings (SSSR count). The SMILES string of the molecule is CNC(c1ccco1)c1occc1C. The lowest BCUT2D eigenvalue weighted by Gasteiger charge is -2.11. The van der Waals surface area contributed by atoms with E-state index in [1.54, 1.807) is 12.5 Å². The number of hydrogen-bond donors (Lipinski definition) is 1. The molecular weight excluding hydrogens is 178 g/mol. The normalized spacial score (nSPS) is 13.0. The third-order valence-corrected chi connectivity index (χ3v) is 2.28. The lowest BCUT2D eigenvalue weighted by molar-refractivity contribution is 0.401. The summed E-state index contributed by atoms with van der Waals surface area (Å²) in [5.41, 5.74) is 1.13. The van der Waals surface area contributed by atoms with Crippen molar-refractivity contribution in [1.82, 2.24) is 5.32 Å². The number of aryl methyl sites for hydroxylation is 1. The van der Waals surface area contributed by atoms with Crippen LogP contribution in [0, 0.1) is 6.92 Å². The molecule has 74 valence electrons. The Hall–Kier alpha value is -1.48. The zero-order chi connectivity index (χ0) is 9.97. The first-order valence-corrected chi connectivity index (χ1v) is 4.57. The second-order valence-corrected chi connectivity index (χ2v) is 3.20. The van der Waals surface area contributed by atoms with Gasteiger partial charge in [0.2, 0.25) is 0 Å². The average molecular weight is 191 g/mol. The van der Waals surface area contributed by atoms with Crippen LogP contribution in [-0.2, 0) is 0 Å². The van der Waals surface area contributed by atoms with E-state index in [0.29, 0.717) is 0 Å². The molecule has 2 aromatic heterocycles. The predicted octanol–water partition coefficient (Wildman–Crippen LogP) is 2.49. The summed E-state index contributed by atoms with van der Waals surface area (Å²) in [6.07, 6.45) is 3.36. The van der Waals surface area contributed by atoms with Gasteiger partial charge in [0.1, 0.15) is 17.6 Å². The molecule has 3 nitrogen and oxygen atoms in total. The van der Waals surface area contributed by atoms with E-state index in [2.05, 4.69) is 5.32 Å². The van der Waals surface area contributed by atoms with Crippen LogP contribution in [0.5, 0.6) is 0 Å². The van der Waals surface area contributed by atoms with Gasteiger partial charge in [0.15, 0.2) is 0 Å². The second-order valence-electron chi connectivity index (χ2n) is 3.20. The molecule has 0 saturated heterocycles. The molecule has 0 aromatic carbocycles. The lowest BCUT2D eigenvalue weighted by Crippen LogP contribution is -2.17. The minimum absolute atomic E-state index is 0.000000000000000444. The van der Waals surface area contributed by atoms with Gasteiger partial charge in [0, 0.05) is 0 Å². The molecule has 3 heteroatoms. The van der Waals surface area contributed by atoms with E-state index in [1.165, 1.54) is 0 Å². The van der Waals surface area contributed by atoms with Crippen molar-refractivity contribution < 1.29 is 8.83 Å². The van der Waals surface area contributed by atoms with Gasteiger partial charge in [-0.15, -0.1) is 0 Å². The molecule has 0 saturated carbocycles. The molecule has 0 fully saturated rings. The molecule has 0 bridgehead atoms. The first-order chi connectivity index (χ1) is 6.83. The van der Waals surface area contributed by atoms with Crippen molar-refractivity contribution in [3.63, 3.8) is 0 Å². The molecule has 0 amide bonds. The highest BCUT2D eigenvalue weighted by Gasteiger charge is 2.19. The van der Waals surface area contributed by atoms with E-state index in [1.807, 2.05) is 32.2 Å². The van der Waals surface area contributed by atoms with Crippen molar-refractivity contribution in [2.45, 2.75) is 13.0 Å². The van der Waals surface area contributed by atoms with Crippen molar-refractivity contribution in [1.29, 1.82) is 0 Å². The summed E-state index contributed by atoms with van der Waals surface area (Å²) >= 11 is 0. The second kappa shape index (κ2) is 3.72. The van der Waals surface area contributed by atoms with E-state index < -0.39 is 0 Å². The van der Waals surface area contributed by atoms with E-state index in [-0.39, 0.29) is 6.04 Å². The maximum absolute atomic E-state index is 5.42. The molecular formula is C11H13NO2. The monoisotopic (exact) mass is 191 g/mol. The number of nitrogens with one attached hydrogen (secondary N) is 1. The van der Waals surface area contributed by atoms with Gasteiger partial charge >= 0.3 is 0 Å². The fourth-order valence-electron chi connectivity index (χ4n) is 1.54. The summed E-state index contributed by atoms with van der Waals surface area (Å²) < 4.78 is 10.8. The third-order valence-electron chi connectivity index (χ3n) is 2.28. The highest BCUT2D eigenvalue weighted by Crippen LogP contribution is 2.25. The average Bonchev–Trinajstić information content (AvgIpc) is 2.80. The molecule has 1 N–H and O–H groups in total. The Labute approximate surface area is 82.7 Å². The van der Waals surface area contributed by atoms with Crippen LogP contribution < -0.4 is 5.32 Å². The Morgan fingerprint density at radius 1 is 1.21 bits per heavy atom. The largest absolute Gasteiger partial charge is 0.467 e. The molecule has 1 atom stereocenters. The highest BCUT2D eigenvalue weighted by atomic mass is 16.3. The lowest BCUT2D eigenvalue weighted by atomic mass is 10.1. The van der Waals surface area contributed by atoms with Crippen molar-refractivity contribution in [3.05, 3.63) is 47.8 Å².